The molecule has 2 aliphatic rings. The quantitative estimate of drug-likeness (QED) is 0.306. The maximum atomic E-state index is 14.7. The number of nitrogens with zero attached hydrogens (tertiary/aromatic N) is 1. The van der Waals surface area contributed by atoms with Gasteiger partial charge in [-0.25, -0.2) is 9.87 Å². The number of hydroxylamine groups is 1. The minimum Gasteiger partial charge on any atom is -0.334 e. The molecule has 0 bridgehead atoms. The van der Waals surface area contributed by atoms with Crippen LogP contribution in [0.2, 0.25) is 10.0 Å². The molecule has 1 spiro atoms. The molecule has 3 atom stereocenters. The van der Waals surface area contributed by atoms with Gasteiger partial charge in [-0.2, -0.15) is 0 Å². The lowest BCUT2D eigenvalue weighted by Gasteiger charge is -2.52. The molecule has 0 radical (unpaired) electrons. The fraction of sp³-hybridized carbons (Fsp3) is 0.344. The predicted molar refractivity (Wildman–Crippen MR) is 160 cm³/mol. The van der Waals surface area contributed by atoms with Crippen LogP contribution < -0.4 is 10.8 Å². The Bertz CT molecular complexity index is 1570. The third-order valence-electron chi connectivity index (χ3n) is 7.87. The molecular formula is C32H32Cl2FN3O4. The number of rotatable bonds is 6. The van der Waals surface area contributed by atoms with Crippen LogP contribution >= 0.6 is 23.2 Å². The molecule has 10 heteroatoms. The minimum atomic E-state index is -1.39. The topological polar surface area (TPSA) is 87.7 Å². The van der Waals surface area contributed by atoms with E-state index in [1.807, 2.05) is 13.0 Å². The Hall–Kier alpha value is -3.46. The first-order valence-electron chi connectivity index (χ1n) is 13.7. The molecule has 0 aliphatic carbocycles. The zero-order valence-corrected chi connectivity index (χ0v) is 25.3. The number of aryl methyl sites for hydroxylation is 1. The van der Waals surface area contributed by atoms with Crippen LogP contribution in [0.5, 0.6) is 0 Å². The number of fused-ring (bicyclic) bond motifs is 2. The van der Waals surface area contributed by atoms with Gasteiger partial charge >= 0.3 is 0 Å². The highest BCUT2D eigenvalue weighted by atomic mass is 35.5. The maximum absolute atomic E-state index is 14.7. The van der Waals surface area contributed by atoms with Gasteiger partial charge in [0, 0.05) is 41.0 Å². The number of anilines is 1. The monoisotopic (exact) mass is 611 g/mol. The zero-order chi connectivity index (χ0) is 30.4. The number of carbonyl (C=O) groups is 3. The van der Waals surface area contributed by atoms with Crippen LogP contribution in [-0.2, 0) is 24.6 Å². The Kier molecular flexibility index (Phi) is 8.09. The van der Waals surface area contributed by atoms with Gasteiger partial charge in [-0.1, -0.05) is 47.5 Å². The summed E-state index contributed by atoms with van der Waals surface area (Å²) < 4.78 is 14.7. The molecule has 7 nitrogen and oxygen atoms in total. The molecule has 2 heterocycles. The average Bonchev–Trinajstić information content (AvgIpc) is 3.19. The Labute approximate surface area is 254 Å². The Balaban J connectivity index is 1.71. The van der Waals surface area contributed by atoms with Crippen molar-refractivity contribution in [2.75, 3.05) is 11.9 Å². The molecule has 3 aromatic rings. The Morgan fingerprint density at radius 1 is 1.10 bits per heavy atom. The molecule has 1 fully saturated rings. The van der Waals surface area contributed by atoms with Crippen LogP contribution in [0, 0.1) is 12.7 Å². The van der Waals surface area contributed by atoms with E-state index in [1.165, 1.54) is 12.1 Å². The van der Waals surface area contributed by atoms with Crippen molar-refractivity contribution in [3.05, 3.63) is 98.8 Å². The number of piperidine rings is 1. The van der Waals surface area contributed by atoms with Crippen molar-refractivity contribution in [2.24, 2.45) is 0 Å². The van der Waals surface area contributed by atoms with Crippen LogP contribution in [0.4, 0.5) is 10.1 Å². The average molecular weight is 613 g/mol. The fourth-order valence-corrected chi connectivity index (χ4v) is 6.55. The number of carbonyl (C=O) groups excluding carboxylic acids is 3. The van der Waals surface area contributed by atoms with Gasteiger partial charge in [0.25, 0.3) is 0 Å². The van der Waals surface area contributed by atoms with Gasteiger partial charge in [-0.15, -0.1) is 0 Å². The molecule has 0 aromatic heterocycles. The van der Waals surface area contributed by atoms with Gasteiger partial charge in [-0.05, 0) is 86.3 Å². The lowest BCUT2D eigenvalue weighted by Crippen LogP contribution is -2.58. The second-order valence-corrected chi connectivity index (χ2v) is 12.7. The molecule has 3 aromatic carbocycles. The summed E-state index contributed by atoms with van der Waals surface area (Å²) >= 11 is 12.8. The predicted octanol–water partition coefficient (Wildman–Crippen LogP) is 6.62. The molecule has 0 unspecified atom stereocenters. The van der Waals surface area contributed by atoms with Crippen molar-refractivity contribution >= 4 is 46.6 Å². The van der Waals surface area contributed by atoms with E-state index in [2.05, 4.69) is 10.8 Å². The van der Waals surface area contributed by atoms with Gasteiger partial charge in [-0.3, -0.25) is 19.2 Å². The molecule has 2 N–H and O–H groups in total. The van der Waals surface area contributed by atoms with Crippen molar-refractivity contribution < 1.29 is 23.6 Å². The van der Waals surface area contributed by atoms with Gasteiger partial charge in [0.1, 0.15) is 11.2 Å². The molecule has 1 saturated heterocycles. The third kappa shape index (κ3) is 5.51. The van der Waals surface area contributed by atoms with Gasteiger partial charge in [0.05, 0.1) is 11.6 Å². The lowest BCUT2D eigenvalue weighted by atomic mass is 9.58. The standard InChI is InChI=1S/C32H32Cl2FN3O4/c1-18-8-10-22(35)16-23(18)25-17-28(40)38(13-12-27(39)37-42-31(2,3)4)29(19-6-5-7-20(33)14-19)32(25)24-11-9-21(34)15-26(24)36-30(32)41/h5-11,14-16,25,29H,12-13,17H2,1-4H3,(H,36,41)(H,37,39)/t25-,29+,32-/m1/s1. The number of hydrogen-bond acceptors (Lipinski definition) is 4. The number of halogens is 3. The van der Waals surface area contributed by atoms with E-state index >= 15 is 0 Å². The highest BCUT2D eigenvalue weighted by Gasteiger charge is 2.63. The van der Waals surface area contributed by atoms with Crippen LogP contribution in [0.1, 0.15) is 67.8 Å². The van der Waals surface area contributed by atoms with E-state index < -0.39 is 34.7 Å². The van der Waals surface area contributed by atoms with Crippen LogP contribution in [0.3, 0.4) is 0 Å². The van der Waals surface area contributed by atoms with Crippen LogP contribution in [-0.4, -0.2) is 34.8 Å². The number of hydrogen-bond donors (Lipinski definition) is 2. The van der Waals surface area contributed by atoms with E-state index in [-0.39, 0.29) is 31.2 Å². The van der Waals surface area contributed by atoms with Crippen molar-refractivity contribution in [3.63, 3.8) is 0 Å². The summed E-state index contributed by atoms with van der Waals surface area (Å²) in [5.74, 6) is -2.25. The van der Waals surface area contributed by atoms with E-state index in [1.54, 1.807) is 68.1 Å². The number of nitrogens with one attached hydrogen (secondary N) is 2. The highest BCUT2D eigenvalue weighted by Crippen LogP contribution is 2.60. The van der Waals surface area contributed by atoms with E-state index in [4.69, 9.17) is 28.0 Å². The molecule has 2 aliphatic heterocycles. The first-order valence-corrected chi connectivity index (χ1v) is 14.5. The van der Waals surface area contributed by atoms with Gasteiger partial charge in [0.15, 0.2) is 0 Å². The first-order chi connectivity index (χ1) is 19.8. The third-order valence-corrected chi connectivity index (χ3v) is 8.35. The molecule has 220 valence electrons. The van der Waals surface area contributed by atoms with Crippen molar-refractivity contribution in [1.82, 2.24) is 10.4 Å². The van der Waals surface area contributed by atoms with E-state index in [0.29, 0.717) is 32.4 Å². The normalized spacial score (nSPS) is 21.8. The fourth-order valence-electron chi connectivity index (χ4n) is 6.18. The summed E-state index contributed by atoms with van der Waals surface area (Å²) in [4.78, 5) is 48.3. The Morgan fingerprint density at radius 2 is 1.83 bits per heavy atom. The van der Waals surface area contributed by atoms with E-state index in [9.17, 15) is 18.8 Å². The van der Waals surface area contributed by atoms with Crippen molar-refractivity contribution in [1.29, 1.82) is 0 Å². The summed E-state index contributed by atoms with van der Waals surface area (Å²) in [7, 11) is 0. The summed E-state index contributed by atoms with van der Waals surface area (Å²) in [5, 5.41) is 3.85. The lowest BCUT2D eigenvalue weighted by molar-refractivity contribution is -0.149. The number of amides is 3. The highest BCUT2D eigenvalue weighted by molar-refractivity contribution is 6.31. The zero-order valence-electron chi connectivity index (χ0n) is 23.8. The Morgan fingerprint density at radius 3 is 2.55 bits per heavy atom. The first kappa shape index (κ1) is 30.0. The molecule has 42 heavy (non-hydrogen) atoms. The summed E-state index contributed by atoms with van der Waals surface area (Å²) in [5.41, 5.74) is 3.52. The molecular weight excluding hydrogens is 580 g/mol. The molecule has 0 saturated carbocycles. The van der Waals surface area contributed by atoms with Crippen molar-refractivity contribution in [3.8, 4) is 0 Å². The maximum Gasteiger partial charge on any atom is 0.245 e. The molecule has 5 rings (SSSR count). The number of likely N-dealkylation sites (tertiary alicyclic amines) is 1. The number of benzene rings is 3. The summed E-state index contributed by atoms with van der Waals surface area (Å²) in [6.45, 7) is 7.25. The largest absolute Gasteiger partial charge is 0.334 e. The second kappa shape index (κ2) is 11.3. The molecule has 3 amide bonds. The minimum absolute atomic E-state index is 0.00214. The van der Waals surface area contributed by atoms with Crippen molar-refractivity contribution in [2.45, 2.75) is 63.5 Å². The SMILES string of the molecule is Cc1ccc(F)cc1[C@H]1CC(=O)N(CCC(=O)NOC(C)(C)C)[C@@H](c2cccc(Cl)c2)[C@]12C(=O)Nc1cc(Cl)ccc12. The van der Waals surface area contributed by atoms with E-state index in [0.717, 1.165) is 5.56 Å². The smallest absolute Gasteiger partial charge is 0.245 e. The van der Waals surface area contributed by atoms with Gasteiger partial charge < -0.3 is 10.2 Å². The van der Waals surface area contributed by atoms with Gasteiger partial charge in [0.2, 0.25) is 17.7 Å². The summed E-state index contributed by atoms with van der Waals surface area (Å²) in [6, 6.07) is 15.7. The van der Waals surface area contributed by atoms with Crippen LogP contribution in [0.15, 0.2) is 60.7 Å². The summed E-state index contributed by atoms with van der Waals surface area (Å²) in [6.07, 6.45) is -0.162. The van der Waals surface area contributed by atoms with Crippen LogP contribution in [0.25, 0.3) is 0 Å². The second-order valence-electron chi connectivity index (χ2n) is 11.8.